The van der Waals surface area contributed by atoms with Gasteiger partial charge in [0.1, 0.15) is 0 Å². The van der Waals surface area contributed by atoms with Gasteiger partial charge in [0.2, 0.25) is 0 Å². The SMILES string of the molecule is OCc1cc(-n2cnc3c2CCCC3)ccn1. The van der Waals surface area contributed by atoms with Gasteiger partial charge >= 0.3 is 0 Å². The van der Waals surface area contributed by atoms with Crippen LogP contribution in [0.15, 0.2) is 24.7 Å². The molecule has 88 valence electrons. The Bertz CT molecular complexity index is 533. The van der Waals surface area contributed by atoms with Gasteiger partial charge in [0.15, 0.2) is 0 Å². The molecular weight excluding hydrogens is 214 g/mol. The summed E-state index contributed by atoms with van der Waals surface area (Å²) >= 11 is 0. The highest BCUT2D eigenvalue weighted by atomic mass is 16.3. The van der Waals surface area contributed by atoms with E-state index in [4.69, 9.17) is 5.11 Å². The predicted octanol–water partition coefficient (Wildman–Crippen LogP) is 1.64. The normalized spacial score (nSPS) is 14.6. The molecule has 4 nitrogen and oxygen atoms in total. The number of rotatable bonds is 2. The van der Waals surface area contributed by atoms with E-state index >= 15 is 0 Å². The van der Waals surface area contributed by atoms with E-state index in [1.165, 1.54) is 24.2 Å². The zero-order valence-electron chi connectivity index (χ0n) is 9.63. The Kier molecular flexibility index (Phi) is 2.65. The van der Waals surface area contributed by atoms with Gasteiger partial charge in [-0.05, 0) is 37.8 Å². The molecule has 1 N–H and O–H groups in total. The number of aryl methyl sites for hydroxylation is 1. The molecule has 2 heterocycles. The molecule has 0 atom stereocenters. The molecule has 0 saturated carbocycles. The van der Waals surface area contributed by atoms with Crippen LogP contribution < -0.4 is 0 Å². The summed E-state index contributed by atoms with van der Waals surface area (Å²) in [5.74, 6) is 0. The third kappa shape index (κ3) is 1.85. The zero-order valence-corrected chi connectivity index (χ0v) is 9.63. The van der Waals surface area contributed by atoms with Crippen LogP contribution in [0.1, 0.15) is 29.9 Å². The van der Waals surface area contributed by atoms with Crippen molar-refractivity contribution >= 4 is 0 Å². The molecule has 3 rings (SSSR count). The number of aliphatic hydroxyl groups is 1. The van der Waals surface area contributed by atoms with Crippen molar-refractivity contribution in [2.45, 2.75) is 32.3 Å². The van der Waals surface area contributed by atoms with Gasteiger partial charge in [-0.15, -0.1) is 0 Å². The van der Waals surface area contributed by atoms with Crippen molar-refractivity contribution < 1.29 is 5.11 Å². The fraction of sp³-hybridized carbons (Fsp3) is 0.385. The van der Waals surface area contributed by atoms with Crippen molar-refractivity contribution in [3.63, 3.8) is 0 Å². The average molecular weight is 229 g/mol. The van der Waals surface area contributed by atoms with E-state index in [9.17, 15) is 0 Å². The Labute approximate surface area is 100.0 Å². The van der Waals surface area contributed by atoms with Crippen molar-refractivity contribution in [2.24, 2.45) is 0 Å². The second-order valence-electron chi connectivity index (χ2n) is 4.38. The molecule has 2 aromatic rings. The summed E-state index contributed by atoms with van der Waals surface area (Å²) in [7, 11) is 0. The van der Waals surface area contributed by atoms with Crippen LogP contribution in [-0.2, 0) is 19.4 Å². The number of pyridine rings is 1. The van der Waals surface area contributed by atoms with E-state index in [1.54, 1.807) is 6.20 Å². The number of fused-ring (bicyclic) bond motifs is 1. The van der Waals surface area contributed by atoms with E-state index < -0.39 is 0 Å². The van der Waals surface area contributed by atoms with Crippen molar-refractivity contribution in [3.05, 3.63) is 41.7 Å². The second kappa shape index (κ2) is 4.30. The Morgan fingerprint density at radius 3 is 3.00 bits per heavy atom. The summed E-state index contributed by atoms with van der Waals surface area (Å²) in [6, 6.07) is 3.87. The number of imidazole rings is 1. The van der Waals surface area contributed by atoms with E-state index in [-0.39, 0.29) is 6.61 Å². The molecule has 0 saturated heterocycles. The summed E-state index contributed by atoms with van der Waals surface area (Å²) in [6.07, 6.45) is 8.26. The molecule has 1 aliphatic carbocycles. The molecule has 0 unspecified atom stereocenters. The lowest BCUT2D eigenvalue weighted by molar-refractivity contribution is 0.277. The summed E-state index contributed by atoms with van der Waals surface area (Å²) in [5, 5.41) is 9.11. The Morgan fingerprint density at radius 1 is 1.24 bits per heavy atom. The minimum Gasteiger partial charge on any atom is -0.390 e. The van der Waals surface area contributed by atoms with Crippen LogP contribution in [-0.4, -0.2) is 19.6 Å². The van der Waals surface area contributed by atoms with Gasteiger partial charge in [0.05, 0.1) is 30.0 Å². The third-order valence-electron chi connectivity index (χ3n) is 3.27. The smallest absolute Gasteiger partial charge is 0.0997 e. The van der Waals surface area contributed by atoms with Crippen LogP contribution in [0, 0.1) is 0 Å². The number of aromatic nitrogens is 3. The van der Waals surface area contributed by atoms with Crippen LogP contribution in [0.3, 0.4) is 0 Å². The highest BCUT2D eigenvalue weighted by molar-refractivity contribution is 5.36. The lowest BCUT2D eigenvalue weighted by Crippen LogP contribution is -2.07. The zero-order chi connectivity index (χ0) is 11.7. The molecule has 0 amide bonds. The quantitative estimate of drug-likeness (QED) is 0.851. The van der Waals surface area contributed by atoms with Crippen molar-refractivity contribution in [3.8, 4) is 5.69 Å². The lowest BCUT2D eigenvalue weighted by Gasteiger charge is -2.14. The van der Waals surface area contributed by atoms with Gasteiger partial charge in [-0.25, -0.2) is 4.98 Å². The van der Waals surface area contributed by atoms with Gasteiger partial charge in [-0.2, -0.15) is 0 Å². The maximum absolute atomic E-state index is 9.11. The topological polar surface area (TPSA) is 50.9 Å². The van der Waals surface area contributed by atoms with Gasteiger partial charge in [0, 0.05) is 11.9 Å². The standard InChI is InChI=1S/C13H15N3O/c17-8-10-7-11(5-6-14-10)16-9-15-12-3-1-2-4-13(12)16/h5-7,9,17H,1-4,8H2. The number of aliphatic hydroxyl groups excluding tert-OH is 1. The predicted molar refractivity (Wildman–Crippen MR) is 63.9 cm³/mol. The highest BCUT2D eigenvalue weighted by Gasteiger charge is 2.15. The lowest BCUT2D eigenvalue weighted by atomic mass is 10.0. The minimum absolute atomic E-state index is 0.0231. The number of hydrogen-bond donors (Lipinski definition) is 1. The summed E-state index contributed by atoms with van der Waals surface area (Å²) in [5.41, 5.74) is 4.27. The maximum atomic E-state index is 9.11. The first-order valence-electron chi connectivity index (χ1n) is 6.00. The van der Waals surface area contributed by atoms with Crippen molar-refractivity contribution in [1.29, 1.82) is 0 Å². The first-order chi connectivity index (χ1) is 8.38. The Hall–Kier alpha value is -1.68. The minimum atomic E-state index is -0.0231. The average Bonchev–Trinajstić information content (AvgIpc) is 2.82. The molecular formula is C13H15N3O. The fourth-order valence-corrected chi connectivity index (χ4v) is 2.39. The van der Waals surface area contributed by atoms with E-state index in [0.29, 0.717) is 5.69 Å². The van der Waals surface area contributed by atoms with Gasteiger partial charge in [-0.3, -0.25) is 4.98 Å². The van der Waals surface area contributed by atoms with Gasteiger partial charge in [0.25, 0.3) is 0 Å². The Balaban J connectivity index is 2.05. The summed E-state index contributed by atoms with van der Waals surface area (Å²) < 4.78 is 2.12. The molecule has 1 aliphatic rings. The van der Waals surface area contributed by atoms with E-state index in [0.717, 1.165) is 18.5 Å². The van der Waals surface area contributed by atoms with E-state index in [1.807, 2.05) is 18.5 Å². The molecule has 4 heteroatoms. The second-order valence-corrected chi connectivity index (χ2v) is 4.38. The van der Waals surface area contributed by atoms with Gasteiger partial charge in [-0.1, -0.05) is 0 Å². The fourth-order valence-electron chi connectivity index (χ4n) is 2.39. The van der Waals surface area contributed by atoms with Crippen LogP contribution >= 0.6 is 0 Å². The maximum Gasteiger partial charge on any atom is 0.0997 e. The number of nitrogens with zero attached hydrogens (tertiary/aromatic N) is 3. The van der Waals surface area contributed by atoms with Crippen molar-refractivity contribution in [2.75, 3.05) is 0 Å². The molecule has 0 aliphatic heterocycles. The molecule has 0 bridgehead atoms. The van der Waals surface area contributed by atoms with Crippen LogP contribution in [0.5, 0.6) is 0 Å². The van der Waals surface area contributed by atoms with Crippen molar-refractivity contribution in [1.82, 2.24) is 14.5 Å². The van der Waals surface area contributed by atoms with Gasteiger partial charge < -0.3 is 9.67 Å². The molecule has 17 heavy (non-hydrogen) atoms. The molecule has 2 aromatic heterocycles. The molecule has 0 aromatic carbocycles. The highest BCUT2D eigenvalue weighted by Crippen LogP contribution is 2.23. The summed E-state index contributed by atoms with van der Waals surface area (Å²) in [6.45, 7) is -0.0231. The first kappa shape index (κ1) is 10.5. The third-order valence-corrected chi connectivity index (χ3v) is 3.27. The molecule has 0 spiro atoms. The summed E-state index contributed by atoms with van der Waals surface area (Å²) in [4.78, 5) is 8.56. The van der Waals surface area contributed by atoms with E-state index in [2.05, 4.69) is 14.5 Å². The molecule has 0 radical (unpaired) electrons. The first-order valence-corrected chi connectivity index (χ1v) is 6.00. The number of hydrogen-bond acceptors (Lipinski definition) is 3. The molecule has 0 fully saturated rings. The largest absolute Gasteiger partial charge is 0.390 e. The van der Waals surface area contributed by atoms with Crippen LogP contribution in [0.2, 0.25) is 0 Å². The van der Waals surface area contributed by atoms with Crippen LogP contribution in [0.4, 0.5) is 0 Å². The Morgan fingerprint density at radius 2 is 2.12 bits per heavy atom. The monoisotopic (exact) mass is 229 g/mol. The van der Waals surface area contributed by atoms with Crippen LogP contribution in [0.25, 0.3) is 5.69 Å².